The molecule has 4 rings (SSSR count). The first kappa shape index (κ1) is 20.7. The van der Waals surface area contributed by atoms with Crippen LogP contribution >= 0.6 is 0 Å². The topological polar surface area (TPSA) is 96.2 Å². The highest BCUT2D eigenvalue weighted by atomic mass is 16.6. The lowest BCUT2D eigenvalue weighted by molar-refractivity contribution is -0.0780. The first-order chi connectivity index (χ1) is 15.0. The number of carbonyl (C=O) groups is 1. The summed E-state index contributed by atoms with van der Waals surface area (Å²) in [7, 11) is 2.60. The van der Waals surface area contributed by atoms with E-state index in [0.717, 1.165) is 21.5 Å². The van der Waals surface area contributed by atoms with Gasteiger partial charge in [-0.3, -0.25) is 0 Å². The Morgan fingerprint density at radius 2 is 1.42 bits per heavy atom. The normalized spacial score (nSPS) is 12.2. The molecule has 3 N–H and O–H groups in total. The highest BCUT2D eigenvalue weighted by Crippen LogP contribution is 2.40. The van der Waals surface area contributed by atoms with E-state index < -0.39 is 12.3 Å². The van der Waals surface area contributed by atoms with Crippen molar-refractivity contribution in [2.45, 2.75) is 12.7 Å². The van der Waals surface area contributed by atoms with Crippen LogP contribution in [0, 0.1) is 0 Å². The van der Waals surface area contributed by atoms with Crippen LogP contribution in [0.4, 0.5) is 0 Å². The molecular formula is C25H22O6. The van der Waals surface area contributed by atoms with E-state index >= 15 is 0 Å². The lowest BCUT2D eigenvalue weighted by Gasteiger charge is -2.19. The minimum Gasteiger partial charge on any atom is -0.507 e. The molecule has 0 saturated heterocycles. The molecule has 4 aromatic rings. The van der Waals surface area contributed by atoms with Crippen molar-refractivity contribution >= 4 is 27.5 Å². The molecule has 6 heteroatoms. The monoisotopic (exact) mass is 418 g/mol. The van der Waals surface area contributed by atoms with Gasteiger partial charge in [0.05, 0.1) is 12.7 Å². The van der Waals surface area contributed by atoms with Crippen LogP contribution in [0.1, 0.15) is 33.3 Å². The second kappa shape index (κ2) is 8.26. The van der Waals surface area contributed by atoms with E-state index in [4.69, 9.17) is 9.47 Å². The van der Waals surface area contributed by atoms with E-state index in [-0.39, 0.29) is 29.0 Å². The Hall–Kier alpha value is -3.61. The Labute approximate surface area is 178 Å². The molecule has 0 heterocycles. The number of aliphatic hydroxyl groups is 1. The standard InChI is InChI=1S/C25H22O6/c1-30-24(28)20-11-14-7-3-5-9-16(14)18(22(20)26)13-19-17-10-6-4-8-15(17)12-21(23(19)27)25(29)31-2/h3-12,24,26-28H,13H2,1-2H3. The number of rotatable bonds is 5. The second-order valence-electron chi connectivity index (χ2n) is 7.24. The highest BCUT2D eigenvalue weighted by Gasteiger charge is 2.23. The Balaban J connectivity index is 2.01. The fraction of sp³-hybridized carbons (Fsp3) is 0.160. The molecule has 0 aliphatic heterocycles. The van der Waals surface area contributed by atoms with E-state index in [1.165, 1.54) is 14.2 Å². The summed E-state index contributed by atoms with van der Waals surface area (Å²) >= 11 is 0. The average Bonchev–Trinajstić information content (AvgIpc) is 2.80. The van der Waals surface area contributed by atoms with Gasteiger partial charge in [-0.1, -0.05) is 48.5 Å². The number of ether oxygens (including phenoxy) is 2. The largest absolute Gasteiger partial charge is 0.507 e. The fourth-order valence-corrected chi connectivity index (χ4v) is 3.96. The molecule has 0 aromatic heterocycles. The van der Waals surface area contributed by atoms with Crippen LogP contribution in [-0.4, -0.2) is 35.5 Å². The van der Waals surface area contributed by atoms with Crippen LogP contribution in [0.15, 0.2) is 60.7 Å². The molecule has 0 aliphatic carbocycles. The maximum atomic E-state index is 12.3. The number of carbonyl (C=O) groups excluding carboxylic acids is 1. The Kier molecular flexibility index (Phi) is 5.50. The number of fused-ring (bicyclic) bond motifs is 2. The number of benzene rings is 4. The van der Waals surface area contributed by atoms with Gasteiger partial charge < -0.3 is 24.8 Å². The summed E-state index contributed by atoms with van der Waals surface area (Å²) in [6, 6.07) is 18.1. The van der Waals surface area contributed by atoms with Crippen LogP contribution in [0.2, 0.25) is 0 Å². The Bertz CT molecular complexity index is 1290. The van der Waals surface area contributed by atoms with Crippen molar-refractivity contribution in [3.63, 3.8) is 0 Å². The fourth-order valence-electron chi connectivity index (χ4n) is 3.96. The minimum atomic E-state index is -1.31. The van der Waals surface area contributed by atoms with E-state index in [9.17, 15) is 20.1 Å². The number of hydrogen-bond donors (Lipinski definition) is 3. The minimum absolute atomic E-state index is 0.0491. The van der Waals surface area contributed by atoms with Gasteiger partial charge in [-0.25, -0.2) is 4.79 Å². The number of phenols is 2. The second-order valence-corrected chi connectivity index (χ2v) is 7.24. The highest BCUT2D eigenvalue weighted by molar-refractivity contribution is 6.01. The molecule has 0 amide bonds. The van der Waals surface area contributed by atoms with Crippen molar-refractivity contribution in [1.29, 1.82) is 0 Å². The summed E-state index contributed by atoms with van der Waals surface area (Å²) in [6.45, 7) is 0. The van der Waals surface area contributed by atoms with Crippen molar-refractivity contribution in [3.8, 4) is 11.5 Å². The molecule has 0 radical (unpaired) electrons. The van der Waals surface area contributed by atoms with Gasteiger partial charge in [0, 0.05) is 24.7 Å². The van der Waals surface area contributed by atoms with Crippen LogP contribution in [0.5, 0.6) is 11.5 Å². The third-order valence-electron chi connectivity index (χ3n) is 5.53. The van der Waals surface area contributed by atoms with Gasteiger partial charge in [0.15, 0.2) is 6.29 Å². The van der Waals surface area contributed by atoms with Gasteiger partial charge in [-0.05, 0) is 33.7 Å². The van der Waals surface area contributed by atoms with Crippen molar-refractivity contribution in [2.24, 2.45) is 0 Å². The number of hydrogen-bond acceptors (Lipinski definition) is 6. The van der Waals surface area contributed by atoms with E-state index in [2.05, 4.69) is 0 Å². The molecular weight excluding hydrogens is 396 g/mol. The first-order valence-electron chi connectivity index (χ1n) is 9.72. The van der Waals surface area contributed by atoms with E-state index in [0.29, 0.717) is 11.1 Å². The SMILES string of the molecule is COC(=O)c1cc2ccccc2c(Cc2c(O)c(C(O)OC)cc3ccccc23)c1O. The van der Waals surface area contributed by atoms with Gasteiger partial charge in [-0.2, -0.15) is 0 Å². The van der Waals surface area contributed by atoms with Gasteiger partial charge in [0.25, 0.3) is 0 Å². The first-order valence-corrected chi connectivity index (χ1v) is 9.72. The molecule has 0 saturated carbocycles. The van der Waals surface area contributed by atoms with Gasteiger partial charge >= 0.3 is 5.97 Å². The Morgan fingerprint density at radius 3 is 2.00 bits per heavy atom. The van der Waals surface area contributed by atoms with Crippen LogP contribution in [0.25, 0.3) is 21.5 Å². The van der Waals surface area contributed by atoms with Gasteiger partial charge in [-0.15, -0.1) is 0 Å². The number of methoxy groups -OCH3 is 2. The zero-order chi connectivity index (χ0) is 22.1. The summed E-state index contributed by atoms with van der Waals surface area (Å²) in [5, 5.41) is 35.3. The third-order valence-corrected chi connectivity index (χ3v) is 5.53. The summed E-state index contributed by atoms with van der Waals surface area (Å²) in [6.07, 6.45) is -1.19. The molecule has 0 fully saturated rings. The maximum absolute atomic E-state index is 12.3. The zero-order valence-electron chi connectivity index (χ0n) is 17.1. The van der Waals surface area contributed by atoms with Crippen molar-refractivity contribution in [2.75, 3.05) is 14.2 Å². The number of phenolic OH excluding ortho intramolecular Hbond substituents is 2. The molecule has 31 heavy (non-hydrogen) atoms. The molecule has 1 unspecified atom stereocenters. The Morgan fingerprint density at radius 1 is 0.871 bits per heavy atom. The summed E-state index contributed by atoms with van der Waals surface area (Å²) in [5.74, 6) is -0.978. The molecule has 0 aliphatic rings. The molecule has 1 atom stereocenters. The number of aliphatic hydroxyl groups excluding tert-OH is 1. The van der Waals surface area contributed by atoms with Crippen molar-refractivity contribution in [3.05, 3.63) is 82.9 Å². The van der Waals surface area contributed by atoms with E-state index in [1.54, 1.807) is 12.1 Å². The molecule has 6 nitrogen and oxygen atoms in total. The van der Waals surface area contributed by atoms with Crippen LogP contribution < -0.4 is 0 Å². The summed E-state index contributed by atoms with van der Waals surface area (Å²) in [5.41, 5.74) is 1.26. The van der Waals surface area contributed by atoms with E-state index in [1.807, 2.05) is 48.5 Å². The predicted octanol–water partition coefficient (Wildman–Crippen LogP) is 4.42. The molecule has 0 spiro atoms. The smallest absolute Gasteiger partial charge is 0.341 e. The van der Waals surface area contributed by atoms with Gasteiger partial charge in [0.2, 0.25) is 0 Å². The van der Waals surface area contributed by atoms with Crippen LogP contribution in [-0.2, 0) is 15.9 Å². The molecule has 4 aromatic carbocycles. The lowest BCUT2D eigenvalue weighted by Crippen LogP contribution is -2.06. The average molecular weight is 418 g/mol. The van der Waals surface area contributed by atoms with Crippen molar-refractivity contribution in [1.82, 2.24) is 0 Å². The lowest BCUT2D eigenvalue weighted by atomic mass is 9.90. The maximum Gasteiger partial charge on any atom is 0.341 e. The van der Waals surface area contributed by atoms with Crippen LogP contribution in [0.3, 0.4) is 0 Å². The van der Waals surface area contributed by atoms with Crippen molar-refractivity contribution < 1.29 is 29.6 Å². The summed E-state index contributed by atoms with van der Waals surface area (Å²) < 4.78 is 9.85. The molecule has 158 valence electrons. The van der Waals surface area contributed by atoms with Gasteiger partial charge in [0.1, 0.15) is 17.1 Å². The third kappa shape index (κ3) is 3.56. The molecule has 0 bridgehead atoms. The number of esters is 1. The zero-order valence-corrected chi connectivity index (χ0v) is 17.1. The predicted molar refractivity (Wildman–Crippen MR) is 117 cm³/mol. The quantitative estimate of drug-likeness (QED) is 0.328. The number of aromatic hydroxyl groups is 2. The summed E-state index contributed by atoms with van der Waals surface area (Å²) in [4.78, 5) is 12.3.